The first kappa shape index (κ1) is 11.9. The summed E-state index contributed by atoms with van der Waals surface area (Å²) in [6.07, 6.45) is 7.24. The summed E-state index contributed by atoms with van der Waals surface area (Å²) in [6.45, 7) is 1.53. The van der Waals surface area contributed by atoms with Gasteiger partial charge in [0.05, 0.1) is 0 Å². The Hall–Kier alpha value is -0.570. The van der Waals surface area contributed by atoms with Crippen LogP contribution in [0.5, 0.6) is 0 Å². The normalized spacial score (nSPS) is 43.8. The van der Waals surface area contributed by atoms with Crippen LogP contribution in [0.25, 0.3) is 0 Å². The van der Waals surface area contributed by atoms with Gasteiger partial charge in [0.2, 0.25) is 0 Å². The molecule has 3 aliphatic rings. The minimum atomic E-state index is -0.833. The third-order valence-electron chi connectivity index (χ3n) is 4.74. The predicted molar refractivity (Wildman–Crippen MR) is 60.9 cm³/mol. The Kier molecular flexibility index (Phi) is 3.53. The Morgan fingerprint density at radius 2 is 1.56 bits per heavy atom. The van der Waals surface area contributed by atoms with Gasteiger partial charge in [0, 0.05) is 13.5 Å². The largest absolute Gasteiger partial charge is 0.481 e. The van der Waals surface area contributed by atoms with Crippen LogP contribution in [0.1, 0.15) is 39.0 Å². The van der Waals surface area contributed by atoms with Crippen LogP contribution in [0.2, 0.25) is 0 Å². The van der Waals surface area contributed by atoms with Crippen molar-refractivity contribution in [2.75, 3.05) is 6.61 Å². The highest BCUT2D eigenvalue weighted by molar-refractivity contribution is 5.62. The highest BCUT2D eigenvalue weighted by Gasteiger charge is 2.51. The zero-order chi connectivity index (χ0) is 11.7. The lowest BCUT2D eigenvalue weighted by molar-refractivity contribution is -0.134. The number of aliphatic hydroxyl groups is 1. The molecule has 0 spiro atoms. The van der Waals surface area contributed by atoms with Crippen molar-refractivity contribution in [3.05, 3.63) is 0 Å². The molecule has 3 fully saturated rings. The van der Waals surface area contributed by atoms with E-state index in [0.717, 1.165) is 30.6 Å². The molecule has 0 radical (unpaired) electrons. The topological polar surface area (TPSA) is 57.5 Å². The van der Waals surface area contributed by atoms with E-state index >= 15 is 0 Å². The lowest BCUT2D eigenvalue weighted by Gasteiger charge is -2.23. The molecule has 0 aromatic rings. The summed E-state index contributed by atoms with van der Waals surface area (Å²) < 4.78 is 0. The van der Waals surface area contributed by atoms with Crippen molar-refractivity contribution < 1.29 is 15.0 Å². The van der Waals surface area contributed by atoms with Gasteiger partial charge >= 0.3 is 0 Å². The Labute approximate surface area is 96.9 Å². The molecule has 0 amide bonds. The number of aliphatic carboxylic acids is 1. The number of carboxylic acid groups (broad SMARTS) is 1. The number of hydrogen-bond acceptors (Lipinski definition) is 2. The van der Waals surface area contributed by atoms with Gasteiger partial charge in [0.25, 0.3) is 5.97 Å². The number of fused-ring (bicyclic) bond motifs is 5. The van der Waals surface area contributed by atoms with E-state index < -0.39 is 5.97 Å². The third kappa shape index (κ3) is 2.24. The maximum absolute atomic E-state index is 9.11. The van der Waals surface area contributed by atoms with E-state index in [1.807, 2.05) is 0 Å². The van der Waals surface area contributed by atoms with E-state index in [9.17, 15) is 0 Å². The van der Waals surface area contributed by atoms with Crippen LogP contribution in [-0.4, -0.2) is 22.8 Å². The Balaban J connectivity index is 0.000000212. The van der Waals surface area contributed by atoms with Crippen LogP contribution in [-0.2, 0) is 4.79 Å². The molecule has 0 aromatic carbocycles. The first-order chi connectivity index (χ1) is 7.61. The van der Waals surface area contributed by atoms with Crippen molar-refractivity contribution in [2.45, 2.75) is 39.0 Å². The highest BCUT2D eigenvalue weighted by Crippen LogP contribution is 2.59. The molecule has 3 heteroatoms. The maximum atomic E-state index is 9.11. The van der Waals surface area contributed by atoms with Crippen molar-refractivity contribution in [1.82, 2.24) is 0 Å². The summed E-state index contributed by atoms with van der Waals surface area (Å²) in [7, 11) is 0. The van der Waals surface area contributed by atoms with Gasteiger partial charge in [-0.25, -0.2) is 0 Å². The summed E-state index contributed by atoms with van der Waals surface area (Å²) >= 11 is 0. The molecular weight excluding hydrogens is 204 g/mol. The molecule has 4 atom stereocenters. The van der Waals surface area contributed by atoms with E-state index in [2.05, 4.69) is 0 Å². The molecule has 0 heterocycles. The van der Waals surface area contributed by atoms with Gasteiger partial charge in [-0.15, -0.1) is 0 Å². The first-order valence-electron chi connectivity index (χ1n) is 6.42. The fourth-order valence-electron chi connectivity index (χ4n) is 4.28. The van der Waals surface area contributed by atoms with Crippen LogP contribution in [0, 0.1) is 29.6 Å². The average molecular weight is 226 g/mol. The van der Waals surface area contributed by atoms with Gasteiger partial charge in [-0.2, -0.15) is 0 Å². The van der Waals surface area contributed by atoms with Gasteiger partial charge < -0.3 is 10.2 Å². The molecule has 16 heavy (non-hydrogen) atoms. The average Bonchev–Trinajstić information content (AvgIpc) is 2.89. The number of aliphatic hydroxyl groups excluding tert-OH is 1. The number of rotatable bonds is 1. The van der Waals surface area contributed by atoms with Crippen LogP contribution in [0.15, 0.2) is 0 Å². The molecule has 3 rings (SSSR count). The third-order valence-corrected chi connectivity index (χ3v) is 4.74. The molecule has 0 saturated heterocycles. The minimum Gasteiger partial charge on any atom is -0.481 e. The molecule has 0 aromatic heterocycles. The van der Waals surface area contributed by atoms with Crippen LogP contribution >= 0.6 is 0 Å². The van der Waals surface area contributed by atoms with E-state index in [0.29, 0.717) is 12.5 Å². The predicted octanol–water partition coefficient (Wildman–Crippen LogP) is 2.14. The minimum absolute atomic E-state index is 0.451. The van der Waals surface area contributed by atoms with Gasteiger partial charge in [0.1, 0.15) is 0 Å². The van der Waals surface area contributed by atoms with Crippen molar-refractivity contribution in [1.29, 1.82) is 0 Å². The monoisotopic (exact) mass is 226 g/mol. The van der Waals surface area contributed by atoms with E-state index in [4.69, 9.17) is 15.0 Å². The maximum Gasteiger partial charge on any atom is 0.300 e. The van der Waals surface area contributed by atoms with E-state index in [1.54, 1.807) is 0 Å². The molecule has 3 saturated carbocycles. The van der Waals surface area contributed by atoms with Crippen LogP contribution in [0.4, 0.5) is 0 Å². The Morgan fingerprint density at radius 1 is 1.12 bits per heavy atom. The quantitative estimate of drug-likeness (QED) is 0.720. The summed E-state index contributed by atoms with van der Waals surface area (Å²) in [4.78, 5) is 9.00. The smallest absolute Gasteiger partial charge is 0.300 e. The highest BCUT2D eigenvalue weighted by atomic mass is 16.4. The second-order valence-corrected chi connectivity index (χ2v) is 5.70. The summed E-state index contributed by atoms with van der Waals surface area (Å²) in [5.74, 6) is 4.03. The molecule has 92 valence electrons. The molecule has 3 aliphatic carbocycles. The zero-order valence-corrected chi connectivity index (χ0v) is 9.93. The summed E-state index contributed by atoms with van der Waals surface area (Å²) in [6, 6.07) is 0. The molecule has 2 N–H and O–H groups in total. The molecule has 2 bridgehead atoms. The lowest BCUT2D eigenvalue weighted by Crippen LogP contribution is -2.15. The second kappa shape index (κ2) is 4.74. The first-order valence-corrected chi connectivity index (χ1v) is 6.42. The van der Waals surface area contributed by atoms with Gasteiger partial charge in [0.15, 0.2) is 0 Å². The van der Waals surface area contributed by atoms with Crippen molar-refractivity contribution in [3.63, 3.8) is 0 Å². The standard InChI is InChI=1S/C11H18O.C2H4O2/c12-6-7-3-10-8-1-2-9(5-8)11(10)4-7;1-2(3)4/h7-12H,1-6H2;1H3,(H,3,4). The number of carboxylic acids is 1. The Bertz CT molecular complexity index is 242. The zero-order valence-electron chi connectivity index (χ0n) is 9.93. The van der Waals surface area contributed by atoms with Crippen molar-refractivity contribution in [2.24, 2.45) is 29.6 Å². The van der Waals surface area contributed by atoms with Crippen LogP contribution in [0.3, 0.4) is 0 Å². The lowest BCUT2D eigenvalue weighted by atomic mass is 9.82. The van der Waals surface area contributed by atoms with Gasteiger partial charge in [-0.1, -0.05) is 0 Å². The SMILES string of the molecule is CC(=O)O.OCC1CC2C3CCC(C3)C2C1. The molecule has 4 unspecified atom stereocenters. The van der Waals surface area contributed by atoms with Gasteiger partial charge in [-0.3, -0.25) is 4.79 Å². The van der Waals surface area contributed by atoms with Crippen molar-refractivity contribution >= 4 is 5.97 Å². The van der Waals surface area contributed by atoms with Crippen LogP contribution < -0.4 is 0 Å². The Morgan fingerprint density at radius 3 is 1.94 bits per heavy atom. The van der Waals surface area contributed by atoms with Crippen molar-refractivity contribution in [3.8, 4) is 0 Å². The van der Waals surface area contributed by atoms with E-state index in [-0.39, 0.29) is 0 Å². The summed E-state index contributed by atoms with van der Waals surface area (Å²) in [5, 5.41) is 16.5. The molecular formula is C13H22O3. The second-order valence-electron chi connectivity index (χ2n) is 5.70. The number of carbonyl (C=O) groups is 1. The fourth-order valence-corrected chi connectivity index (χ4v) is 4.28. The molecule has 0 aliphatic heterocycles. The number of hydrogen-bond donors (Lipinski definition) is 2. The fraction of sp³-hybridized carbons (Fsp3) is 0.923. The summed E-state index contributed by atoms with van der Waals surface area (Å²) in [5.41, 5.74) is 0. The molecule has 3 nitrogen and oxygen atoms in total. The van der Waals surface area contributed by atoms with Gasteiger partial charge in [-0.05, 0) is 61.7 Å². The van der Waals surface area contributed by atoms with E-state index in [1.165, 1.54) is 32.1 Å².